The number of amides is 2. The van der Waals surface area contributed by atoms with Crippen LogP contribution >= 0.6 is 15.9 Å². The number of aromatic nitrogens is 6. The molecule has 2 aliphatic carbocycles. The van der Waals surface area contributed by atoms with Crippen LogP contribution in [-0.4, -0.2) is 87.6 Å². The molecule has 0 atom stereocenters. The molecule has 2 amide bonds. The Balaban J connectivity index is 0.000000185. The van der Waals surface area contributed by atoms with Gasteiger partial charge in [-0.3, -0.25) is 9.59 Å². The Morgan fingerprint density at radius 3 is 1.58 bits per heavy atom. The summed E-state index contributed by atoms with van der Waals surface area (Å²) in [5.74, 6) is -1.22. The number of imidazole rings is 2. The Hall–Kier alpha value is -6.50. The van der Waals surface area contributed by atoms with Crippen molar-refractivity contribution in [3.63, 3.8) is 0 Å². The fourth-order valence-electron chi connectivity index (χ4n) is 7.16. The van der Waals surface area contributed by atoms with Gasteiger partial charge >= 0.3 is 0 Å². The molecular formula is C48H52BrF2N11O4. The number of aliphatic hydroxyl groups is 2. The molecule has 344 valence electrons. The molecule has 66 heavy (non-hydrogen) atoms. The highest BCUT2D eigenvalue weighted by Gasteiger charge is 2.26. The molecule has 4 heterocycles. The molecule has 0 saturated heterocycles. The van der Waals surface area contributed by atoms with Crippen molar-refractivity contribution >= 4 is 61.9 Å². The lowest BCUT2D eigenvalue weighted by molar-refractivity contribution is 0.0939. The number of hydrogen-bond acceptors (Lipinski definition) is 11. The second-order valence-corrected chi connectivity index (χ2v) is 19.1. The number of aryl methyl sites for hydroxylation is 2. The molecule has 0 aliphatic heterocycles. The normalized spacial score (nSPS) is 13.9. The van der Waals surface area contributed by atoms with Crippen LogP contribution in [0.5, 0.6) is 0 Å². The van der Waals surface area contributed by atoms with Crippen molar-refractivity contribution in [2.45, 2.75) is 90.5 Å². The van der Waals surface area contributed by atoms with Crippen molar-refractivity contribution in [3.8, 4) is 22.5 Å². The first-order chi connectivity index (χ1) is 31.3. The Bertz CT molecular complexity index is 2950. The van der Waals surface area contributed by atoms with Crippen LogP contribution in [0.2, 0.25) is 0 Å². The molecule has 2 saturated carbocycles. The Morgan fingerprint density at radius 1 is 0.682 bits per heavy atom. The third-order valence-corrected chi connectivity index (χ3v) is 11.2. The fourth-order valence-corrected chi connectivity index (χ4v) is 7.54. The number of anilines is 4. The highest BCUT2D eigenvalue weighted by molar-refractivity contribution is 9.10. The van der Waals surface area contributed by atoms with Crippen LogP contribution in [0.1, 0.15) is 85.2 Å². The van der Waals surface area contributed by atoms with E-state index < -0.39 is 22.8 Å². The number of nitrogens with one attached hydrogen (secondary N) is 5. The number of nitrogens with zero attached hydrogens (tertiary/aromatic N) is 6. The molecule has 2 aliphatic rings. The number of hydrogen-bond donors (Lipinski definition) is 7. The topological polar surface area (TPSA) is 195 Å². The SMILES string of the molecule is Cc1cc(-c2cnc3c(NCC(C)(C)O)cc(Br)nn23)ccc1C(=O)NC1CC1.Cc1cc(-c2cnc3c(NCC(C)(C)O)cc(Nc4cc(F)cc(F)c4)nn23)ccc1C(=O)NC1CC1. The van der Waals surface area contributed by atoms with Crippen LogP contribution < -0.4 is 26.6 Å². The van der Waals surface area contributed by atoms with E-state index in [2.05, 4.69) is 62.7 Å². The average Bonchev–Trinajstić information content (AvgIpc) is 4.15. The minimum Gasteiger partial charge on any atom is -0.389 e. The smallest absolute Gasteiger partial charge is 0.251 e. The average molecular weight is 965 g/mol. The van der Waals surface area contributed by atoms with E-state index >= 15 is 0 Å². The van der Waals surface area contributed by atoms with Gasteiger partial charge in [0.2, 0.25) is 0 Å². The summed E-state index contributed by atoms with van der Waals surface area (Å²) in [4.78, 5) is 34.0. The molecule has 18 heteroatoms. The predicted octanol–water partition coefficient (Wildman–Crippen LogP) is 8.34. The Morgan fingerprint density at radius 2 is 1.14 bits per heavy atom. The standard InChI is InChI=1S/C27H28F2N6O2.C21H24BrN5O2/c1-15-8-16(4-7-21(15)26(36)33-19-5-6-19)23-13-30-25-22(31-14-27(2,3)37)12-24(34-35(23)25)32-20-10-17(28)9-18(29)11-20;1-12-8-13(4-7-15(12)20(28)25-14-5-6-14)17-10-23-19-16(24-11-21(2,3)29)9-18(22)26-27(17)19/h4,7-13,19,31,37H,5-6,14H2,1-3H3,(H,32,34)(H,33,36);4,7-10,14,24,29H,5-6,11H2,1-3H3,(H,25,28). The predicted molar refractivity (Wildman–Crippen MR) is 254 cm³/mol. The Labute approximate surface area is 388 Å². The summed E-state index contributed by atoms with van der Waals surface area (Å²) >= 11 is 3.45. The first-order valence-corrected chi connectivity index (χ1v) is 22.5. The number of rotatable bonds is 14. The summed E-state index contributed by atoms with van der Waals surface area (Å²) in [6.45, 7) is 11.3. The number of halogens is 3. The number of fused-ring (bicyclic) bond motifs is 2. The highest BCUT2D eigenvalue weighted by atomic mass is 79.9. The van der Waals surface area contributed by atoms with Gasteiger partial charge in [0.05, 0.1) is 46.4 Å². The zero-order valence-electron chi connectivity index (χ0n) is 37.4. The quantitative estimate of drug-likeness (QED) is 0.0554. The number of carbonyl (C=O) groups excluding carboxylic acids is 2. The number of carbonyl (C=O) groups is 2. The van der Waals surface area contributed by atoms with Gasteiger partial charge < -0.3 is 36.8 Å². The first-order valence-electron chi connectivity index (χ1n) is 21.7. The van der Waals surface area contributed by atoms with Crippen LogP contribution in [-0.2, 0) is 0 Å². The Kier molecular flexibility index (Phi) is 12.8. The van der Waals surface area contributed by atoms with Gasteiger partial charge in [0.25, 0.3) is 11.8 Å². The van der Waals surface area contributed by atoms with Crippen LogP contribution in [0.4, 0.5) is 31.7 Å². The molecular weight excluding hydrogens is 913 g/mol. The van der Waals surface area contributed by atoms with Gasteiger partial charge in [-0.2, -0.15) is 5.10 Å². The minimum atomic E-state index is -0.997. The van der Waals surface area contributed by atoms with Crippen molar-refractivity contribution in [2.24, 2.45) is 0 Å². The van der Waals surface area contributed by atoms with E-state index in [-0.39, 0.29) is 30.1 Å². The van der Waals surface area contributed by atoms with Crippen LogP contribution in [0.25, 0.3) is 33.8 Å². The van der Waals surface area contributed by atoms with E-state index in [1.165, 1.54) is 12.1 Å². The maximum Gasteiger partial charge on any atom is 0.251 e. The maximum atomic E-state index is 13.8. The van der Waals surface area contributed by atoms with Crippen molar-refractivity contribution in [1.29, 1.82) is 0 Å². The molecule has 0 spiro atoms. The molecule has 7 aromatic rings. The van der Waals surface area contributed by atoms with Gasteiger partial charge in [0.15, 0.2) is 17.1 Å². The third-order valence-electron chi connectivity index (χ3n) is 10.8. The van der Waals surface area contributed by atoms with Crippen molar-refractivity contribution in [1.82, 2.24) is 39.8 Å². The van der Waals surface area contributed by atoms with E-state index in [9.17, 15) is 28.6 Å². The summed E-state index contributed by atoms with van der Waals surface area (Å²) < 4.78 is 31.6. The lowest BCUT2D eigenvalue weighted by Crippen LogP contribution is -2.29. The third kappa shape index (κ3) is 11.3. The number of benzene rings is 3. The van der Waals surface area contributed by atoms with E-state index in [0.29, 0.717) is 56.8 Å². The maximum absolute atomic E-state index is 13.8. The van der Waals surface area contributed by atoms with Crippen molar-refractivity contribution in [2.75, 3.05) is 29.0 Å². The van der Waals surface area contributed by atoms with Crippen molar-refractivity contribution in [3.05, 3.63) is 118 Å². The van der Waals surface area contributed by atoms with Crippen LogP contribution in [0, 0.1) is 25.5 Å². The highest BCUT2D eigenvalue weighted by Crippen LogP contribution is 2.31. The van der Waals surface area contributed by atoms with Crippen LogP contribution in [0.3, 0.4) is 0 Å². The molecule has 15 nitrogen and oxygen atoms in total. The fraction of sp³-hybridized carbons (Fsp3) is 0.333. The summed E-state index contributed by atoms with van der Waals surface area (Å²) in [5.41, 5.74) is 7.09. The lowest BCUT2D eigenvalue weighted by atomic mass is 10.0. The van der Waals surface area contributed by atoms with Crippen molar-refractivity contribution < 1.29 is 28.6 Å². The molecule has 3 aromatic carbocycles. The van der Waals surface area contributed by atoms with E-state index in [0.717, 1.165) is 65.4 Å². The molecule has 4 aromatic heterocycles. The zero-order chi connectivity index (χ0) is 47.1. The summed E-state index contributed by atoms with van der Waals surface area (Å²) in [6, 6.07) is 18.5. The molecule has 0 unspecified atom stereocenters. The molecule has 9 rings (SSSR count). The summed E-state index contributed by atoms with van der Waals surface area (Å²) in [5, 5.41) is 44.8. The zero-order valence-corrected chi connectivity index (χ0v) is 39.0. The minimum absolute atomic E-state index is 0.0198. The van der Waals surface area contributed by atoms with Gasteiger partial charge in [0, 0.05) is 65.2 Å². The first kappa shape index (κ1) is 46.0. The van der Waals surface area contributed by atoms with Gasteiger partial charge in [-0.05, 0) is 137 Å². The molecule has 0 bridgehead atoms. The lowest BCUT2D eigenvalue weighted by Gasteiger charge is -2.19. The van der Waals surface area contributed by atoms with Gasteiger partial charge in [-0.25, -0.2) is 27.8 Å². The van der Waals surface area contributed by atoms with E-state index in [1.807, 2.05) is 50.2 Å². The largest absolute Gasteiger partial charge is 0.389 e. The van der Waals surface area contributed by atoms with Gasteiger partial charge in [0.1, 0.15) is 16.2 Å². The molecule has 2 fully saturated rings. The van der Waals surface area contributed by atoms with E-state index in [1.54, 1.807) is 61.3 Å². The summed E-state index contributed by atoms with van der Waals surface area (Å²) in [7, 11) is 0. The van der Waals surface area contributed by atoms with E-state index in [4.69, 9.17) is 0 Å². The molecule has 0 radical (unpaired) electrons. The summed E-state index contributed by atoms with van der Waals surface area (Å²) in [6.07, 6.45) is 7.59. The van der Waals surface area contributed by atoms with Gasteiger partial charge in [-0.1, -0.05) is 12.1 Å². The monoisotopic (exact) mass is 963 g/mol. The second kappa shape index (κ2) is 18.4. The second-order valence-electron chi connectivity index (χ2n) is 18.3. The van der Waals surface area contributed by atoms with Gasteiger partial charge in [-0.15, -0.1) is 5.10 Å². The molecule has 7 N–H and O–H groups in total. The van der Waals surface area contributed by atoms with Crippen LogP contribution in [0.15, 0.2) is 83.7 Å².